The monoisotopic (exact) mass is 655 g/mol. The van der Waals surface area contributed by atoms with Gasteiger partial charge in [-0.25, -0.2) is 13.2 Å². The van der Waals surface area contributed by atoms with Gasteiger partial charge >= 0.3 is 12.1 Å². The van der Waals surface area contributed by atoms with Gasteiger partial charge in [0.1, 0.15) is 23.7 Å². The zero-order valence-electron chi connectivity index (χ0n) is 27.5. The molecule has 250 valence electrons. The van der Waals surface area contributed by atoms with Crippen molar-refractivity contribution in [3.05, 3.63) is 83.7 Å². The van der Waals surface area contributed by atoms with E-state index in [1.807, 2.05) is 44.2 Å². The number of rotatable bonds is 14. The number of nitrogens with one attached hydrogen (secondary N) is 1. The fourth-order valence-corrected chi connectivity index (χ4v) is 6.28. The van der Waals surface area contributed by atoms with Gasteiger partial charge in [0.15, 0.2) is 0 Å². The molecule has 0 fully saturated rings. The second kappa shape index (κ2) is 16.0. The maximum Gasteiger partial charge on any atom is 0.407 e. The Labute approximate surface area is 271 Å². The lowest BCUT2D eigenvalue weighted by molar-refractivity contribution is -0.131. The summed E-state index contributed by atoms with van der Waals surface area (Å²) in [6.45, 7) is 12.0. The molecule has 2 aromatic carbocycles. The molecule has 1 aromatic heterocycles. The number of hydrogen-bond donors (Lipinski definition) is 2. The Morgan fingerprint density at radius 2 is 1.72 bits per heavy atom. The van der Waals surface area contributed by atoms with Crippen LogP contribution in [0.3, 0.4) is 0 Å². The number of benzene rings is 2. The average molecular weight is 656 g/mol. The molecule has 0 aliphatic carbocycles. The predicted molar refractivity (Wildman–Crippen MR) is 174 cm³/mol. The molecule has 0 spiro atoms. The number of nitrogens with zero attached hydrogens (tertiary/aromatic N) is 2. The van der Waals surface area contributed by atoms with Crippen molar-refractivity contribution in [1.29, 1.82) is 0 Å². The van der Waals surface area contributed by atoms with Crippen LogP contribution >= 0.6 is 0 Å². The molecule has 46 heavy (non-hydrogen) atoms. The third kappa shape index (κ3) is 11.4. The molecule has 0 saturated heterocycles. The maximum atomic E-state index is 13.9. The Hall–Kier alpha value is -4.00. The molecule has 3 aromatic rings. The first-order valence-corrected chi connectivity index (χ1v) is 16.6. The molecule has 0 bridgehead atoms. The Morgan fingerprint density at radius 1 is 1.02 bits per heavy atom. The van der Waals surface area contributed by atoms with E-state index in [1.54, 1.807) is 46.0 Å². The lowest BCUT2D eigenvalue weighted by Crippen LogP contribution is -2.51. The van der Waals surface area contributed by atoms with Crippen LogP contribution in [-0.4, -0.2) is 65.7 Å². The van der Waals surface area contributed by atoms with Crippen molar-refractivity contribution in [2.45, 2.75) is 84.1 Å². The Morgan fingerprint density at radius 3 is 2.28 bits per heavy atom. The standard InChI is InChI=1S/C34H45N3O8S/c1-23(2)20-37(46(41,42)29-15-16-32(24(3)18-29)44-25(4)38)21-31(39)30(36-33(40)45-34(5,6)7)19-26-11-13-28(14-12-26)43-22-27-10-8-9-17-35-27/h8-18,23,30-31,39H,19-22H2,1-7H3,(H,36,40)/t30-,31+/m0/s1. The highest BCUT2D eigenvalue weighted by molar-refractivity contribution is 7.89. The first-order chi connectivity index (χ1) is 21.5. The summed E-state index contributed by atoms with van der Waals surface area (Å²) in [5.74, 6) is 0.296. The van der Waals surface area contributed by atoms with Crippen molar-refractivity contribution >= 4 is 22.1 Å². The van der Waals surface area contributed by atoms with Gasteiger partial charge in [0.25, 0.3) is 0 Å². The van der Waals surface area contributed by atoms with Gasteiger partial charge in [-0.15, -0.1) is 0 Å². The van der Waals surface area contributed by atoms with Crippen LogP contribution in [0.15, 0.2) is 71.8 Å². The molecule has 11 nitrogen and oxygen atoms in total. The topological polar surface area (TPSA) is 144 Å². The van der Waals surface area contributed by atoms with Crippen molar-refractivity contribution in [3.8, 4) is 11.5 Å². The minimum atomic E-state index is -4.09. The van der Waals surface area contributed by atoms with Crippen LogP contribution in [0.25, 0.3) is 0 Å². The van der Waals surface area contributed by atoms with Crippen molar-refractivity contribution < 1.29 is 37.3 Å². The zero-order valence-corrected chi connectivity index (χ0v) is 28.3. The predicted octanol–water partition coefficient (Wildman–Crippen LogP) is 5.04. The Balaban J connectivity index is 1.83. The van der Waals surface area contributed by atoms with E-state index < -0.39 is 39.8 Å². The number of aromatic nitrogens is 1. The second-order valence-corrected chi connectivity index (χ2v) is 14.5. The number of aliphatic hydroxyl groups excluding tert-OH is 1. The summed E-state index contributed by atoms with van der Waals surface area (Å²) in [6.07, 6.45) is -0.155. The number of sulfonamides is 1. The van der Waals surface area contributed by atoms with E-state index in [-0.39, 0.29) is 36.1 Å². The molecule has 3 rings (SSSR count). The van der Waals surface area contributed by atoms with Crippen molar-refractivity contribution in [2.75, 3.05) is 13.1 Å². The summed E-state index contributed by atoms with van der Waals surface area (Å²) in [5, 5.41) is 14.3. The summed E-state index contributed by atoms with van der Waals surface area (Å²) in [7, 11) is -4.09. The average Bonchev–Trinajstić information content (AvgIpc) is 2.96. The zero-order chi connectivity index (χ0) is 34.1. The van der Waals surface area contributed by atoms with Crippen LogP contribution in [0.1, 0.15) is 58.4 Å². The SMILES string of the molecule is CC(=O)Oc1ccc(S(=O)(=O)N(CC(C)C)C[C@@H](O)[C@H](Cc2ccc(OCc3ccccn3)cc2)NC(=O)OC(C)(C)C)cc1C. The van der Waals surface area contributed by atoms with E-state index in [2.05, 4.69) is 10.3 Å². The quantitative estimate of drug-likeness (QED) is 0.180. The molecule has 2 N–H and O–H groups in total. The third-order valence-corrected chi connectivity index (χ3v) is 8.48. The summed E-state index contributed by atoms with van der Waals surface area (Å²) in [4.78, 5) is 28.5. The molecule has 0 aliphatic rings. The molecule has 0 unspecified atom stereocenters. The number of pyridine rings is 1. The lowest BCUT2D eigenvalue weighted by atomic mass is 10.0. The fourth-order valence-electron chi connectivity index (χ4n) is 4.57. The van der Waals surface area contributed by atoms with Crippen LogP contribution in [0.5, 0.6) is 11.5 Å². The van der Waals surface area contributed by atoms with E-state index in [0.29, 0.717) is 17.9 Å². The molecule has 2 atom stereocenters. The molecule has 0 saturated carbocycles. The minimum Gasteiger partial charge on any atom is -0.487 e. The first kappa shape index (κ1) is 36.5. The van der Waals surface area contributed by atoms with Gasteiger partial charge in [0.2, 0.25) is 10.0 Å². The lowest BCUT2D eigenvalue weighted by Gasteiger charge is -2.31. The van der Waals surface area contributed by atoms with E-state index in [4.69, 9.17) is 14.2 Å². The maximum absolute atomic E-state index is 13.9. The van der Waals surface area contributed by atoms with Crippen molar-refractivity contribution in [3.63, 3.8) is 0 Å². The van der Waals surface area contributed by atoms with Crippen LogP contribution < -0.4 is 14.8 Å². The van der Waals surface area contributed by atoms with Gasteiger partial charge in [-0.05, 0) is 93.6 Å². The number of alkyl carbamates (subject to hydrolysis) is 1. The highest BCUT2D eigenvalue weighted by Crippen LogP contribution is 2.26. The van der Waals surface area contributed by atoms with Gasteiger partial charge in [-0.1, -0.05) is 32.0 Å². The van der Waals surface area contributed by atoms with E-state index in [0.717, 1.165) is 11.3 Å². The number of aryl methyl sites for hydroxylation is 1. The molecular weight excluding hydrogens is 610 g/mol. The second-order valence-electron chi connectivity index (χ2n) is 12.5. The minimum absolute atomic E-state index is 0.00769. The molecule has 1 amide bonds. The fraction of sp³-hybridized carbons (Fsp3) is 0.441. The summed E-state index contributed by atoms with van der Waals surface area (Å²) < 4.78 is 45.4. The summed E-state index contributed by atoms with van der Waals surface area (Å²) >= 11 is 0. The van der Waals surface area contributed by atoms with Crippen LogP contribution in [0.4, 0.5) is 4.79 Å². The number of hydrogen-bond acceptors (Lipinski definition) is 9. The summed E-state index contributed by atoms with van der Waals surface area (Å²) in [6, 6.07) is 16.1. The van der Waals surface area contributed by atoms with Crippen molar-refractivity contribution in [2.24, 2.45) is 5.92 Å². The molecular formula is C34H45N3O8S. The smallest absolute Gasteiger partial charge is 0.407 e. The van der Waals surface area contributed by atoms with Crippen LogP contribution in [0, 0.1) is 12.8 Å². The van der Waals surface area contributed by atoms with E-state index in [9.17, 15) is 23.1 Å². The highest BCUT2D eigenvalue weighted by Gasteiger charge is 2.32. The van der Waals surface area contributed by atoms with Crippen LogP contribution in [-0.2, 0) is 32.6 Å². The van der Waals surface area contributed by atoms with Crippen molar-refractivity contribution in [1.82, 2.24) is 14.6 Å². The number of aliphatic hydroxyl groups is 1. The number of amides is 1. The third-order valence-electron chi connectivity index (χ3n) is 6.66. The van der Waals surface area contributed by atoms with E-state index >= 15 is 0 Å². The number of esters is 1. The highest BCUT2D eigenvalue weighted by atomic mass is 32.2. The molecule has 0 radical (unpaired) electrons. The van der Waals surface area contributed by atoms with Gasteiger partial charge in [-0.2, -0.15) is 4.31 Å². The van der Waals surface area contributed by atoms with Gasteiger partial charge in [0.05, 0.1) is 22.7 Å². The molecule has 12 heteroatoms. The molecule has 0 aliphatic heterocycles. The Kier molecular flexibility index (Phi) is 12.7. The number of ether oxygens (including phenoxy) is 3. The van der Waals surface area contributed by atoms with E-state index in [1.165, 1.54) is 29.4 Å². The number of carbonyl (C=O) groups excluding carboxylic acids is 2. The number of carbonyl (C=O) groups is 2. The van der Waals surface area contributed by atoms with Gasteiger partial charge in [-0.3, -0.25) is 9.78 Å². The van der Waals surface area contributed by atoms with Gasteiger partial charge < -0.3 is 24.6 Å². The molecule has 1 heterocycles. The first-order valence-electron chi connectivity index (χ1n) is 15.1. The van der Waals surface area contributed by atoms with Gasteiger partial charge in [0, 0.05) is 26.2 Å². The summed E-state index contributed by atoms with van der Waals surface area (Å²) in [5.41, 5.74) is 1.25. The van der Waals surface area contributed by atoms with Crippen LogP contribution in [0.2, 0.25) is 0 Å². The largest absolute Gasteiger partial charge is 0.487 e. The Bertz CT molecular complexity index is 1560. The normalized spacial score (nSPS) is 13.3.